The topological polar surface area (TPSA) is 78.0 Å². The van der Waals surface area contributed by atoms with Gasteiger partial charge in [0.1, 0.15) is 17.3 Å². The second kappa shape index (κ2) is 8.42. The molecule has 5 nitrogen and oxygen atoms in total. The van der Waals surface area contributed by atoms with E-state index < -0.39 is 45.5 Å². The van der Waals surface area contributed by atoms with Gasteiger partial charge < -0.3 is 5.73 Å². The molecule has 1 aromatic heterocycles. The lowest BCUT2D eigenvalue weighted by Gasteiger charge is -2.24. The molecular formula is C22H17F4N3O2S. The molecule has 1 aliphatic rings. The van der Waals surface area contributed by atoms with Crippen LogP contribution in [-0.2, 0) is 0 Å². The molecule has 2 aromatic carbocycles. The predicted octanol–water partition coefficient (Wildman–Crippen LogP) is 4.76. The fourth-order valence-electron chi connectivity index (χ4n) is 3.63. The van der Waals surface area contributed by atoms with E-state index in [0.29, 0.717) is 11.1 Å². The molecule has 0 aliphatic heterocycles. The standard InChI is InChI=1S/C22H17F4N3O2S/c23-15-10-14(8-9-17(15)32-22(24,25)26)19(12-6-7-12)29-18(30)11-16(20(27)31)28-21(29)13-4-2-1-3-5-13/h1-5,8-12,19H,6-7H2,(H2,27,31)/t19-/m1/s1. The molecule has 1 amide bonds. The molecule has 0 spiro atoms. The fourth-order valence-corrected chi connectivity index (χ4v) is 4.17. The van der Waals surface area contributed by atoms with Crippen molar-refractivity contribution in [2.24, 2.45) is 11.7 Å². The van der Waals surface area contributed by atoms with E-state index in [9.17, 15) is 27.2 Å². The number of aromatic nitrogens is 2. The van der Waals surface area contributed by atoms with Crippen molar-refractivity contribution in [3.05, 3.63) is 82.0 Å². The number of rotatable bonds is 6. The van der Waals surface area contributed by atoms with Gasteiger partial charge in [-0.15, -0.1) is 0 Å². The van der Waals surface area contributed by atoms with Crippen LogP contribution in [0, 0.1) is 11.7 Å². The summed E-state index contributed by atoms with van der Waals surface area (Å²) in [6.07, 6.45) is 1.51. The molecule has 3 aromatic rings. The maximum absolute atomic E-state index is 14.5. The van der Waals surface area contributed by atoms with E-state index in [2.05, 4.69) is 4.98 Å². The van der Waals surface area contributed by atoms with Gasteiger partial charge >= 0.3 is 5.51 Å². The van der Waals surface area contributed by atoms with Gasteiger partial charge in [-0.2, -0.15) is 13.2 Å². The summed E-state index contributed by atoms with van der Waals surface area (Å²) in [5.74, 6) is -1.74. The van der Waals surface area contributed by atoms with E-state index in [0.717, 1.165) is 31.0 Å². The maximum atomic E-state index is 14.5. The van der Waals surface area contributed by atoms with Crippen LogP contribution < -0.4 is 11.3 Å². The number of benzene rings is 2. The van der Waals surface area contributed by atoms with E-state index >= 15 is 0 Å². The van der Waals surface area contributed by atoms with Crippen LogP contribution in [0.1, 0.15) is 34.9 Å². The normalized spacial score (nSPS) is 14.9. The predicted molar refractivity (Wildman–Crippen MR) is 112 cm³/mol. The third-order valence-electron chi connectivity index (χ3n) is 5.11. The molecule has 1 saturated carbocycles. The van der Waals surface area contributed by atoms with Crippen LogP contribution >= 0.6 is 11.8 Å². The number of hydrogen-bond donors (Lipinski definition) is 1. The molecule has 1 fully saturated rings. The Morgan fingerprint density at radius 1 is 1.12 bits per heavy atom. The zero-order valence-corrected chi connectivity index (χ0v) is 17.3. The Hall–Kier alpha value is -3.14. The first-order chi connectivity index (χ1) is 15.1. The Bertz CT molecular complexity index is 1220. The largest absolute Gasteiger partial charge is 0.446 e. The van der Waals surface area contributed by atoms with Crippen molar-refractivity contribution in [2.45, 2.75) is 29.3 Å². The van der Waals surface area contributed by atoms with Crippen LogP contribution in [0.15, 0.2) is 64.3 Å². The minimum Gasteiger partial charge on any atom is -0.364 e. The van der Waals surface area contributed by atoms with Gasteiger partial charge in [0.05, 0.1) is 10.9 Å². The van der Waals surface area contributed by atoms with Crippen LogP contribution in [0.2, 0.25) is 0 Å². The highest BCUT2D eigenvalue weighted by atomic mass is 32.2. The van der Waals surface area contributed by atoms with E-state index in [1.807, 2.05) is 0 Å². The summed E-state index contributed by atoms with van der Waals surface area (Å²) in [6.45, 7) is 0. The van der Waals surface area contributed by atoms with Crippen LogP contribution in [0.3, 0.4) is 0 Å². The van der Waals surface area contributed by atoms with Crippen LogP contribution in [-0.4, -0.2) is 21.0 Å². The molecule has 0 saturated heterocycles. The van der Waals surface area contributed by atoms with Crippen molar-refractivity contribution in [3.63, 3.8) is 0 Å². The first kappa shape index (κ1) is 22.1. The zero-order chi connectivity index (χ0) is 23.0. The van der Waals surface area contributed by atoms with Gasteiger partial charge in [-0.1, -0.05) is 36.4 Å². The molecule has 4 rings (SSSR count). The second-order valence-corrected chi connectivity index (χ2v) is 8.53. The van der Waals surface area contributed by atoms with E-state index in [1.165, 1.54) is 10.6 Å². The number of nitrogens with two attached hydrogens (primary N) is 1. The van der Waals surface area contributed by atoms with Crippen molar-refractivity contribution in [2.75, 3.05) is 0 Å². The third-order valence-corrected chi connectivity index (χ3v) is 5.89. The number of amides is 1. The average molecular weight is 463 g/mol. The highest BCUT2D eigenvalue weighted by molar-refractivity contribution is 8.00. The van der Waals surface area contributed by atoms with E-state index in [-0.39, 0.29) is 17.4 Å². The Labute approximate surface area is 184 Å². The summed E-state index contributed by atoms with van der Waals surface area (Å²) >= 11 is -0.531. The monoisotopic (exact) mass is 463 g/mol. The summed E-state index contributed by atoms with van der Waals surface area (Å²) in [5, 5.41) is 0. The van der Waals surface area contributed by atoms with E-state index in [4.69, 9.17) is 5.73 Å². The average Bonchev–Trinajstić information content (AvgIpc) is 3.56. The number of nitrogens with zero attached hydrogens (tertiary/aromatic N) is 2. The Kier molecular flexibility index (Phi) is 5.81. The number of primary amides is 1. The number of alkyl halides is 3. The van der Waals surface area contributed by atoms with Gasteiger partial charge in [-0.25, -0.2) is 9.37 Å². The van der Waals surface area contributed by atoms with Gasteiger partial charge in [0.2, 0.25) is 0 Å². The Morgan fingerprint density at radius 3 is 2.38 bits per heavy atom. The SMILES string of the molecule is NC(=O)c1cc(=O)n([C@@H](c2ccc(SC(F)(F)F)c(F)c2)C2CC2)c(-c2ccccc2)n1. The lowest BCUT2D eigenvalue weighted by Crippen LogP contribution is -2.31. The molecule has 0 radical (unpaired) electrons. The second-order valence-electron chi connectivity index (χ2n) is 7.42. The van der Waals surface area contributed by atoms with Crippen molar-refractivity contribution in [1.82, 2.24) is 9.55 Å². The summed E-state index contributed by atoms with van der Waals surface area (Å²) < 4.78 is 54.0. The molecule has 0 unspecified atom stereocenters. The maximum Gasteiger partial charge on any atom is 0.446 e. The Morgan fingerprint density at radius 2 is 1.81 bits per heavy atom. The van der Waals surface area contributed by atoms with Gasteiger partial charge in [-0.05, 0) is 48.2 Å². The smallest absolute Gasteiger partial charge is 0.364 e. The van der Waals surface area contributed by atoms with Gasteiger partial charge in [0, 0.05) is 11.6 Å². The highest BCUT2D eigenvalue weighted by Crippen LogP contribution is 2.45. The summed E-state index contributed by atoms with van der Waals surface area (Å²) in [7, 11) is 0. The third kappa shape index (κ3) is 4.69. The van der Waals surface area contributed by atoms with Crippen molar-refractivity contribution >= 4 is 17.7 Å². The van der Waals surface area contributed by atoms with Gasteiger partial charge in [-0.3, -0.25) is 14.2 Å². The van der Waals surface area contributed by atoms with E-state index in [1.54, 1.807) is 30.3 Å². The first-order valence-electron chi connectivity index (χ1n) is 9.68. The van der Waals surface area contributed by atoms with Gasteiger partial charge in [0.25, 0.3) is 11.5 Å². The molecule has 0 bridgehead atoms. The van der Waals surface area contributed by atoms with Crippen LogP contribution in [0.5, 0.6) is 0 Å². The molecule has 1 aliphatic carbocycles. The fraction of sp³-hybridized carbons (Fsp3) is 0.227. The molecule has 1 heterocycles. The van der Waals surface area contributed by atoms with Crippen molar-refractivity contribution in [1.29, 1.82) is 0 Å². The molecule has 1 atom stereocenters. The summed E-state index contributed by atoms with van der Waals surface area (Å²) in [5.41, 5.74) is 0.845. The number of hydrogen-bond acceptors (Lipinski definition) is 4. The summed E-state index contributed by atoms with van der Waals surface area (Å²) in [4.78, 5) is 28.5. The molecule has 2 N–H and O–H groups in total. The number of thioether (sulfide) groups is 1. The number of carbonyl (C=O) groups is 1. The van der Waals surface area contributed by atoms with Crippen LogP contribution in [0.4, 0.5) is 17.6 Å². The lowest BCUT2D eigenvalue weighted by molar-refractivity contribution is -0.0329. The number of halogens is 4. The lowest BCUT2D eigenvalue weighted by atomic mass is 10.0. The van der Waals surface area contributed by atoms with Gasteiger partial charge in [0.15, 0.2) is 0 Å². The minimum atomic E-state index is -4.62. The van der Waals surface area contributed by atoms with Crippen molar-refractivity contribution in [3.8, 4) is 11.4 Å². The summed E-state index contributed by atoms with van der Waals surface area (Å²) in [6, 6.07) is 12.5. The quantitative estimate of drug-likeness (QED) is 0.422. The molecule has 32 heavy (non-hydrogen) atoms. The molecule has 166 valence electrons. The molecule has 10 heteroatoms. The Balaban J connectivity index is 1.88. The molecular weight excluding hydrogens is 446 g/mol. The number of carbonyl (C=O) groups excluding carboxylic acids is 1. The zero-order valence-electron chi connectivity index (χ0n) is 16.5. The highest BCUT2D eigenvalue weighted by Gasteiger charge is 2.37. The van der Waals surface area contributed by atoms with Crippen LogP contribution in [0.25, 0.3) is 11.4 Å². The first-order valence-corrected chi connectivity index (χ1v) is 10.5. The minimum absolute atomic E-state index is 0.0306. The van der Waals surface area contributed by atoms with Crippen molar-refractivity contribution < 1.29 is 22.4 Å².